The molecule has 3 N–H and O–H groups in total. The van der Waals surface area contributed by atoms with E-state index in [9.17, 15) is 0 Å². The largest absolute Gasteiger partial charge is 0.369 e. The van der Waals surface area contributed by atoms with Crippen molar-refractivity contribution in [1.29, 1.82) is 0 Å². The van der Waals surface area contributed by atoms with Gasteiger partial charge in [-0.1, -0.05) is 44.2 Å². The van der Waals surface area contributed by atoms with Gasteiger partial charge in [0.05, 0.1) is 18.3 Å². The van der Waals surface area contributed by atoms with Crippen LogP contribution in [-0.2, 0) is 6.54 Å². The highest BCUT2D eigenvalue weighted by Gasteiger charge is 2.33. The molecule has 5 aromatic rings. The fourth-order valence-corrected chi connectivity index (χ4v) is 5.84. The van der Waals surface area contributed by atoms with Gasteiger partial charge in [0.1, 0.15) is 18.0 Å². The average molecular weight is 561 g/mol. The Labute approximate surface area is 245 Å². The van der Waals surface area contributed by atoms with E-state index in [-0.39, 0.29) is 5.41 Å². The first kappa shape index (κ1) is 26.5. The van der Waals surface area contributed by atoms with Crippen molar-refractivity contribution in [2.75, 3.05) is 30.3 Å². The van der Waals surface area contributed by atoms with Crippen LogP contribution >= 0.6 is 0 Å². The number of nitrogens with zero attached hydrogens (tertiary/aromatic N) is 7. The highest BCUT2D eigenvalue weighted by molar-refractivity contribution is 5.93. The van der Waals surface area contributed by atoms with E-state index in [4.69, 9.17) is 9.97 Å². The Kier molecular flexibility index (Phi) is 6.99. The van der Waals surface area contributed by atoms with E-state index in [1.807, 2.05) is 42.7 Å². The number of piperidine rings is 1. The number of nitrogens with one attached hydrogen (secondary N) is 3. The van der Waals surface area contributed by atoms with Gasteiger partial charge in [0, 0.05) is 36.4 Å². The van der Waals surface area contributed by atoms with Gasteiger partial charge in [0.25, 0.3) is 0 Å². The Morgan fingerprint density at radius 1 is 1.02 bits per heavy atom. The molecule has 1 atom stereocenters. The number of benzene rings is 1. The van der Waals surface area contributed by atoms with Gasteiger partial charge in [-0.05, 0) is 66.3 Å². The van der Waals surface area contributed by atoms with E-state index >= 15 is 0 Å². The van der Waals surface area contributed by atoms with Gasteiger partial charge >= 0.3 is 0 Å². The number of pyridine rings is 2. The van der Waals surface area contributed by atoms with Crippen LogP contribution in [0, 0.1) is 11.3 Å². The maximum absolute atomic E-state index is 5.12. The van der Waals surface area contributed by atoms with E-state index in [1.54, 1.807) is 17.2 Å². The number of fused-ring (bicyclic) bond motifs is 1. The number of rotatable bonds is 9. The van der Waals surface area contributed by atoms with Crippen molar-refractivity contribution in [2.45, 2.75) is 45.6 Å². The second kappa shape index (κ2) is 11.1. The molecular formula is C32H36N10. The van der Waals surface area contributed by atoms with E-state index in [0.717, 1.165) is 53.9 Å². The van der Waals surface area contributed by atoms with Gasteiger partial charge in [-0.15, -0.1) is 5.10 Å². The molecule has 5 heterocycles. The Morgan fingerprint density at radius 2 is 1.90 bits per heavy atom. The quantitative estimate of drug-likeness (QED) is 0.218. The van der Waals surface area contributed by atoms with Crippen LogP contribution in [0.3, 0.4) is 0 Å². The lowest BCUT2D eigenvalue weighted by atomic mass is 9.74. The molecule has 0 amide bonds. The zero-order chi connectivity index (χ0) is 28.5. The third-order valence-corrected chi connectivity index (χ3v) is 8.51. The third-order valence-electron chi connectivity index (χ3n) is 8.51. The maximum atomic E-state index is 5.12. The lowest BCUT2D eigenvalue weighted by Gasteiger charge is -2.39. The van der Waals surface area contributed by atoms with Crippen molar-refractivity contribution in [3.05, 3.63) is 78.5 Å². The third kappa shape index (κ3) is 5.67. The minimum absolute atomic E-state index is 0.214. The molecule has 2 fully saturated rings. The van der Waals surface area contributed by atoms with Gasteiger partial charge in [-0.25, -0.2) is 24.6 Å². The zero-order valence-electron chi connectivity index (χ0n) is 24.1. The molecule has 0 spiro atoms. The van der Waals surface area contributed by atoms with Gasteiger partial charge in [-0.3, -0.25) is 4.98 Å². The molecule has 7 rings (SSSR count). The molecule has 1 aromatic carbocycles. The summed E-state index contributed by atoms with van der Waals surface area (Å²) in [7, 11) is 0. The first-order valence-corrected chi connectivity index (χ1v) is 14.8. The highest BCUT2D eigenvalue weighted by Crippen LogP contribution is 2.44. The first-order valence-electron chi connectivity index (χ1n) is 14.8. The smallest absolute Gasteiger partial charge is 0.247 e. The summed E-state index contributed by atoms with van der Waals surface area (Å²) in [5.74, 6) is 3.73. The van der Waals surface area contributed by atoms with Gasteiger partial charge < -0.3 is 16.0 Å². The molecule has 2 aliphatic rings. The van der Waals surface area contributed by atoms with Gasteiger partial charge in [0.2, 0.25) is 5.95 Å². The van der Waals surface area contributed by atoms with Gasteiger partial charge in [0.15, 0.2) is 5.82 Å². The number of aromatic nitrogens is 7. The molecular weight excluding hydrogens is 524 g/mol. The first-order chi connectivity index (χ1) is 20.5. The molecule has 1 aliphatic carbocycles. The topological polar surface area (TPSA) is 118 Å². The average Bonchev–Trinajstić information content (AvgIpc) is 3.76. The van der Waals surface area contributed by atoms with Crippen molar-refractivity contribution < 1.29 is 0 Å². The van der Waals surface area contributed by atoms with Crippen LogP contribution in [0.1, 0.15) is 50.2 Å². The molecule has 10 heteroatoms. The Morgan fingerprint density at radius 3 is 2.74 bits per heavy atom. The van der Waals surface area contributed by atoms with Crippen LogP contribution < -0.4 is 16.0 Å². The second-order valence-corrected chi connectivity index (χ2v) is 12.1. The highest BCUT2D eigenvalue weighted by atomic mass is 15.4. The standard InChI is InChI=1S/C32H36N10/c1-32(2)19-33-12-11-24(32)15-36-30-28-25(22-8-9-22)16-34-17-26(28)38-29(40-30)23-10-13-35-27(14-23)39-31-37-20-42(41-31)18-21-6-4-3-5-7-21/h3-7,10,13-14,16-17,20,22,24,33H,8-9,11-12,15,18-19H2,1-2H3,(H,35,39,41)(H,36,38,40). The molecule has 1 unspecified atom stereocenters. The summed E-state index contributed by atoms with van der Waals surface area (Å²) in [6, 6.07) is 14.1. The molecule has 10 nitrogen and oxygen atoms in total. The fraction of sp³-hybridized carbons (Fsp3) is 0.375. The number of hydrogen-bond acceptors (Lipinski definition) is 9. The lowest BCUT2D eigenvalue weighted by Crippen LogP contribution is -2.45. The normalized spacial score (nSPS) is 18.2. The van der Waals surface area contributed by atoms with Gasteiger partial charge in [-0.2, -0.15) is 0 Å². The summed E-state index contributed by atoms with van der Waals surface area (Å²) in [5, 5.41) is 16.2. The summed E-state index contributed by atoms with van der Waals surface area (Å²) < 4.78 is 1.81. The Hall–Kier alpha value is -4.44. The van der Waals surface area contributed by atoms with Crippen molar-refractivity contribution in [3.8, 4) is 11.4 Å². The summed E-state index contributed by atoms with van der Waals surface area (Å²) in [5.41, 5.74) is 4.35. The van der Waals surface area contributed by atoms with Crippen molar-refractivity contribution in [1.82, 2.24) is 40.0 Å². The van der Waals surface area contributed by atoms with E-state index in [0.29, 0.717) is 36.0 Å². The van der Waals surface area contributed by atoms with Crippen molar-refractivity contribution >= 4 is 28.5 Å². The summed E-state index contributed by atoms with van der Waals surface area (Å²) in [6.45, 7) is 8.29. The zero-order valence-corrected chi connectivity index (χ0v) is 24.1. The SMILES string of the molecule is CC1(C)CNCCC1CNc1nc(-c2ccnc(Nc3ncn(Cc4ccccc4)n3)c2)nc2cncc(C3CC3)c12. The molecule has 1 aliphatic heterocycles. The van der Waals surface area contributed by atoms with E-state index < -0.39 is 0 Å². The molecule has 4 aromatic heterocycles. The Bertz CT molecular complexity index is 1690. The number of hydrogen-bond donors (Lipinski definition) is 3. The minimum atomic E-state index is 0.214. The maximum Gasteiger partial charge on any atom is 0.247 e. The van der Waals surface area contributed by atoms with Crippen LogP contribution in [0.4, 0.5) is 17.6 Å². The van der Waals surface area contributed by atoms with Crippen LogP contribution in [0.15, 0.2) is 67.4 Å². The molecule has 214 valence electrons. The summed E-state index contributed by atoms with van der Waals surface area (Å²) in [6.07, 6.45) is 10.9. The fourth-order valence-electron chi connectivity index (χ4n) is 5.84. The molecule has 0 bridgehead atoms. The van der Waals surface area contributed by atoms with Crippen LogP contribution in [0.25, 0.3) is 22.3 Å². The Balaban J connectivity index is 1.17. The van der Waals surface area contributed by atoms with Crippen LogP contribution in [0.2, 0.25) is 0 Å². The van der Waals surface area contributed by atoms with Crippen molar-refractivity contribution in [2.24, 2.45) is 11.3 Å². The molecule has 1 saturated carbocycles. The second-order valence-electron chi connectivity index (χ2n) is 12.1. The monoisotopic (exact) mass is 560 g/mol. The minimum Gasteiger partial charge on any atom is -0.369 e. The predicted molar refractivity (Wildman–Crippen MR) is 165 cm³/mol. The van der Waals surface area contributed by atoms with E-state index in [2.05, 4.69) is 62.0 Å². The summed E-state index contributed by atoms with van der Waals surface area (Å²) >= 11 is 0. The molecule has 1 saturated heterocycles. The number of anilines is 3. The molecule has 42 heavy (non-hydrogen) atoms. The summed E-state index contributed by atoms with van der Waals surface area (Å²) in [4.78, 5) is 23.6. The predicted octanol–water partition coefficient (Wildman–Crippen LogP) is 5.40. The van der Waals surface area contributed by atoms with Crippen LogP contribution in [-0.4, -0.2) is 54.3 Å². The molecule has 0 radical (unpaired) electrons. The van der Waals surface area contributed by atoms with Crippen LogP contribution in [0.5, 0.6) is 0 Å². The van der Waals surface area contributed by atoms with E-state index in [1.165, 1.54) is 18.4 Å². The van der Waals surface area contributed by atoms with Crippen molar-refractivity contribution in [3.63, 3.8) is 0 Å². The lowest BCUT2D eigenvalue weighted by molar-refractivity contribution is 0.166.